The number of hydrogen-bond acceptors (Lipinski definition) is 3. The van der Waals surface area contributed by atoms with Gasteiger partial charge < -0.3 is 9.64 Å². The van der Waals surface area contributed by atoms with Crippen LogP contribution in [0.15, 0.2) is 71.7 Å². The van der Waals surface area contributed by atoms with Crippen molar-refractivity contribution in [3.63, 3.8) is 0 Å². The number of pyridine rings is 1. The maximum Gasteiger partial charge on any atom is 0.258 e. The lowest BCUT2D eigenvalue weighted by molar-refractivity contribution is 0.136. The second-order valence-corrected chi connectivity index (χ2v) is 8.64. The van der Waals surface area contributed by atoms with Crippen molar-refractivity contribution >= 4 is 0 Å². The Balaban J connectivity index is 1.21. The Morgan fingerprint density at radius 2 is 1.65 bits per heavy atom. The van der Waals surface area contributed by atoms with Crippen molar-refractivity contribution < 1.29 is 9.13 Å². The smallest absolute Gasteiger partial charge is 0.258 e. The van der Waals surface area contributed by atoms with E-state index >= 15 is 0 Å². The van der Waals surface area contributed by atoms with Crippen molar-refractivity contribution in [3.8, 4) is 11.4 Å². The molecular weight excluding hydrogens is 391 g/mol. The van der Waals surface area contributed by atoms with Crippen LogP contribution in [0.2, 0.25) is 0 Å². The fourth-order valence-electron chi connectivity index (χ4n) is 4.68. The molecule has 0 N–H and O–H groups in total. The molecule has 2 aromatic carbocycles. The van der Waals surface area contributed by atoms with Gasteiger partial charge in [-0.2, -0.15) is 0 Å². The van der Waals surface area contributed by atoms with Crippen LogP contribution < -0.4 is 10.3 Å². The first-order valence-electron chi connectivity index (χ1n) is 11.1. The van der Waals surface area contributed by atoms with Gasteiger partial charge in [0, 0.05) is 24.0 Å². The highest BCUT2D eigenvalue weighted by molar-refractivity contribution is 5.38. The lowest BCUT2D eigenvalue weighted by Crippen LogP contribution is -2.42. The molecule has 0 spiro atoms. The molecule has 5 rings (SSSR count). The highest BCUT2D eigenvalue weighted by Crippen LogP contribution is 2.40. The summed E-state index contributed by atoms with van der Waals surface area (Å²) in [7, 11) is 0. The van der Waals surface area contributed by atoms with E-state index < -0.39 is 0 Å². The molecule has 0 radical (unpaired) electrons. The third-order valence-electron chi connectivity index (χ3n) is 6.62. The van der Waals surface area contributed by atoms with Crippen LogP contribution in [0.1, 0.15) is 42.7 Å². The second kappa shape index (κ2) is 8.67. The number of likely N-dealkylation sites (tertiary alicyclic amines) is 1. The minimum absolute atomic E-state index is 0.137. The van der Waals surface area contributed by atoms with Crippen molar-refractivity contribution in [2.75, 3.05) is 13.1 Å². The van der Waals surface area contributed by atoms with E-state index in [9.17, 15) is 9.18 Å². The predicted octanol–water partition coefficient (Wildman–Crippen LogP) is 4.90. The predicted molar refractivity (Wildman–Crippen MR) is 119 cm³/mol. The number of aromatic nitrogens is 1. The van der Waals surface area contributed by atoms with Crippen LogP contribution in [-0.2, 0) is 6.61 Å². The van der Waals surface area contributed by atoms with Gasteiger partial charge in [0.1, 0.15) is 18.2 Å². The third-order valence-corrected chi connectivity index (χ3v) is 6.62. The van der Waals surface area contributed by atoms with Gasteiger partial charge in [0.25, 0.3) is 5.56 Å². The van der Waals surface area contributed by atoms with Gasteiger partial charge in [-0.15, -0.1) is 0 Å². The van der Waals surface area contributed by atoms with Crippen LogP contribution in [0, 0.1) is 5.82 Å². The van der Waals surface area contributed by atoms with Crippen molar-refractivity contribution in [1.29, 1.82) is 0 Å². The zero-order valence-electron chi connectivity index (χ0n) is 17.5. The minimum Gasteiger partial charge on any atom is -0.489 e. The van der Waals surface area contributed by atoms with Gasteiger partial charge in [0.15, 0.2) is 0 Å². The largest absolute Gasteiger partial charge is 0.489 e. The number of ether oxygens (including phenoxy) is 1. The summed E-state index contributed by atoms with van der Waals surface area (Å²) in [5.41, 5.74) is 2.94. The number of nitrogens with zero attached hydrogens (tertiary/aromatic N) is 2. The summed E-state index contributed by atoms with van der Waals surface area (Å²) in [6.45, 7) is 2.82. The fourth-order valence-corrected chi connectivity index (χ4v) is 4.68. The molecular formula is C26H27FN2O2. The standard InChI is InChI=1S/C26H27FN2O2/c27-22-7-3-19(4-8-22)18-31-25-11-14-29(26(30)17-25)23-9-5-20(6-10-23)21-15-24(16-21)28-12-1-2-13-28/h3-11,14,17,21,24H,1-2,12-13,15-16,18H2/t21-,24-. The average Bonchev–Trinajstić information content (AvgIpc) is 3.27. The van der Waals surface area contributed by atoms with Crippen molar-refractivity contribution in [2.45, 2.75) is 44.2 Å². The van der Waals surface area contributed by atoms with E-state index in [2.05, 4.69) is 17.0 Å². The lowest BCUT2D eigenvalue weighted by atomic mass is 9.75. The summed E-state index contributed by atoms with van der Waals surface area (Å²) in [6.07, 6.45) is 6.93. The molecule has 0 unspecified atom stereocenters. The Labute approximate surface area is 181 Å². The number of halogens is 1. The summed E-state index contributed by atoms with van der Waals surface area (Å²) in [5.74, 6) is 0.865. The van der Waals surface area contributed by atoms with Crippen LogP contribution >= 0.6 is 0 Å². The molecule has 3 aromatic rings. The topological polar surface area (TPSA) is 34.5 Å². The van der Waals surface area contributed by atoms with Gasteiger partial charge in [0.05, 0.1) is 0 Å². The molecule has 5 heteroatoms. The third kappa shape index (κ3) is 4.42. The molecule has 1 aliphatic heterocycles. The molecule has 1 aliphatic carbocycles. The molecule has 0 amide bonds. The fraction of sp³-hybridized carbons (Fsp3) is 0.346. The quantitative estimate of drug-likeness (QED) is 0.571. The Morgan fingerprint density at radius 1 is 0.935 bits per heavy atom. The molecule has 1 saturated carbocycles. The van der Waals surface area contributed by atoms with E-state index in [1.165, 1.54) is 62.5 Å². The average molecular weight is 419 g/mol. The van der Waals surface area contributed by atoms with Crippen molar-refractivity contribution in [1.82, 2.24) is 9.47 Å². The van der Waals surface area contributed by atoms with Gasteiger partial charge >= 0.3 is 0 Å². The van der Waals surface area contributed by atoms with Crippen molar-refractivity contribution in [3.05, 3.63) is 94.2 Å². The molecule has 1 aromatic heterocycles. The zero-order chi connectivity index (χ0) is 21.2. The molecule has 2 heterocycles. The Hall–Kier alpha value is -2.92. The molecule has 4 nitrogen and oxygen atoms in total. The molecule has 160 valence electrons. The summed E-state index contributed by atoms with van der Waals surface area (Å²) in [4.78, 5) is 15.2. The summed E-state index contributed by atoms with van der Waals surface area (Å²) >= 11 is 0. The highest BCUT2D eigenvalue weighted by Gasteiger charge is 2.35. The summed E-state index contributed by atoms with van der Waals surface area (Å²) < 4.78 is 20.3. The van der Waals surface area contributed by atoms with E-state index in [-0.39, 0.29) is 18.0 Å². The Bertz CT molecular complexity index is 1080. The number of rotatable bonds is 6. The monoisotopic (exact) mass is 418 g/mol. The Morgan fingerprint density at radius 3 is 2.32 bits per heavy atom. The van der Waals surface area contributed by atoms with E-state index in [4.69, 9.17) is 4.74 Å². The minimum atomic E-state index is -0.277. The lowest BCUT2D eigenvalue weighted by Gasteiger charge is -2.41. The maximum absolute atomic E-state index is 13.0. The van der Waals surface area contributed by atoms with Gasteiger partial charge in [0.2, 0.25) is 0 Å². The maximum atomic E-state index is 13.0. The van der Waals surface area contributed by atoms with E-state index in [0.717, 1.165) is 17.3 Å². The normalized spacial score (nSPS) is 21.1. The van der Waals surface area contributed by atoms with Crippen LogP contribution in [0.3, 0.4) is 0 Å². The molecule has 31 heavy (non-hydrogen) atoms. The molecule has 2 aliphatic rings. The number of benzene rings is 2. The first kappa shape index (κ1) is 20.0. The van der Waals surface area contributed by atoms with Gasteiger partial charge in [-0.05, 0) is 86.1 Å². The first-order chi connectivity index (χ1) is 15.2. The van der Waals surface area contributed by atoms with Crippen LogP contribution in [0.25, 0.3) is 5.69 Å². The van der Waals surface area contributed by atoms with E-state index in [0.29, 0.717) is 11.7 Å². The molecule has 0 atom stereocenters. The molecule has 0 bridgehead atoms. The van der Waals surface area contributed by atoms with E-state index in [1.54, 1.807) is 29.0 Å². The molecule has 1 saturated heterocycles. The van der Waals surface area contributed by atoms with Crippen LogP contribution in [-0.4, -0.2) is 28.6 Å². The van der Waals surface area contributed by atoms with E-state index in [1.807, 2.05) is 12.1 Å². The first-order valence-corrected chi connectivity index (χ1v) is 11.1. The van der Waals surface area contributed by atoms with Crippen LogP contribution in [0.5, 0.6) is 5.75 Å². The molecule has 2 fully saturated rings. The highest BCUT2D eigenvalue weighted by atomic mass is 19.1. The van der Waals surface area contributed by atoms with Gasteiger partial charge in [-0.25, -0.2) is 4.39 Å². The number of hydrogen-bond donors (Lipinski definition) is 0. The summed E-state index contributed by atoms with van der Waals surface area (Å²) in [6, 6.07) is 18.6. The van der Waals surface area contributed by atoms with Gasteiger partial charge in [-0.3, -0.25) is 9.36 Å². The summed E-state index contributed by atoms with van der Waals surface area (Å²) in [5, 5.41) is 0. The Kier molecular flexibility index (Phi) is 5.60. The SMILES string of the molecule is O=c1cc(OCc2ccc(F)cc2)ccn1-c1ccc([C@H]2C[C@H](N3CCCC3)C2)cc1. The van der Waals surface area contributed by atoms with Gasteiger partial charge in [-0.1, -0.05) is 24.3 Å². The zero-order valence-corrected chi connectivity index (χ0v) is 17.5. The van der Waals surface area contributed by atoms with Crippen LogP contribution in [0.4, 0.5) is 4.39 Å². The second-order valence-electron chi connectivity index (χ2n) is 8.64. The van der Waals surface area contributed by atoms with Crippen molar-refractivity contribution in [2.24, 2.45) is 0 Å².